The van der Waals surface area contributed by atoms with E-state index in [4.69, 9.17) is 9.15 Å². The van der Waals surface area contributed by atoms with Crippen LogP contribution in [0, 0.1) is 36.5 Å². The van der Waals surface area contributed by atoms with Crippen LogP contribution in [0.4, 0.5) is 5.00 Å². The van der Waals surface area contributed by atoms with Crippen LogP contribution >= 0.6 is 11.3 Å². The summed E-state index contributed by atoms with van der Waals surface area (Å²) in [6.45, 7) is 11.1. The summed E-state index contributed by atoms with van der Waals surface area (Å²) in [7, 11) is 0. The number of nitrogens with zero attached hydrogens (tertiary/aromatic N) is 1. The van der Waals surface area contributed by atoms with E-state index in [0.29, 0.717) is 22.2 Å². The minimum Gasteiger partial charge on any atom is -0.486 e. The maximum absolute atomic E-state index is 12.8. The normalized spacial score (nSPS) is 15.6. The fourth-order valence-electron chi connectivity index (χ4n) is 4.23. The first-order valence-electron chi connectivity index (χ1n) is 11.3. The van der Waals surface area contributed by atoms with Gasteiger partial charge in [0.05, 0.1) is 5.56 Å². The van der Waals surface area contributed by atoms with Crippen LogP contribution in [-0.4, -0.2) is 5.91 Å². The molecule has 0 aliphatic heterocycles. The lowest BCUT2D eigenvalue weighted by Crippen LogP contribution is -2.26. The van der Waals surface area contributed by atoms with E-state index >= 15 is 0 Å². The maximum Gasteiger partial charge on any atom is 0.292 e. The number of benzene rings is 1. The highest BCUT2D eigenvalue weighted by molar-refractivity contribution is 7.16. The smallest absolute Gasteiger partial charge is 0.292 e. The molecule has 172 valence electrons. The molecule has 1 atom stereocenters. The summed E-state index contributed by atoms with van der Waals surface area (Å²) < 4.78 is 11.5. The molecule has 1 aliphatic carbocycles. The first-order chi connectivity index (χ1) is 15.7. The molecule has 1 N–H and O–H groups in total. The Bertz CT molecular complexity index is 1220. The van der Waals surface area contributed by atoms with Gasteiger partial charge in [-0.25, -0.2) is 0 Å². The molecule has 0 radical (unpaired) electrons. The summed E-state index contributed by atoms with van der Waals surface area (Å²) in [5.74, 6) is 1.75. The van der Waals surface area contributed by atoms with Crippen LogP contribution in [0.2, 0.25) is 0 Å². The van der Waals surface area contributed by atoms with Gasteiger partial charge in [0.1, 0.15) is 29.2 Å². The molecular formula is C27H30N2O3S. The van der Waals surface area contributed by atoms with E-state index in [1.807, 2.05) is 25.1 Å². The largest absolute Gasteiger partial charge is 0.486 e. The molecule has 0 saturated carbocycles. The number of furan rings is 1. The zero-order valence-electron chi connectivity index (χ0n) is 19.9. The predicted octanol–water partition coefficient (Wildman–Crippen LogP) is 6.81. The van der Waals surface area contributed by atoms with Crippen molar-refractivity contribution in [1.29, 1.82) is 5.26 Å². The van der Waals surface area contributed by atoms with Crippen molar-refractivity contribution >= 4 is 22.2 Å². The number of rotatable bonds is 5. The minimum absolute atomic E-state index is 0.205. The molecule has 0 fully saturated rings. The second kappa shape index (κ2) is 9.07. The van der Waals surface area contributed by atoms with Crippen LogP contribution in [0.3, 0.4) is 0 Å². The molecular weight excluding hydrogens is 432 g/mol. The highest BCUT2D eigenvalue weighted by Crippen LogP contribution is 2.44. The number of anilines is 1. The molecule has 2 heterocycles. The van der Waals surface area contributed by atoms with E-state index in [1.165, 1.54) is 21.8 Å². The second-order valence-electron chi connectivity index (χ2n) is 9.88. The fraction of sp³-hybridized carbons (Fsp3) is 0.407. The average Bonchev–Trinajstić information content (AvgIpc) is 3.37. The van der Waals surface area contributed by atoms with Gasteiger partial charge in [0.25, 0.3) is 5.91 Å². The highest BCUT2D eigenvalue weighted by Gasteiger charge is 2.32. The number of carbonyl (C=O) groups excluding carboxylic acids is 1. The number of nitrogens with one attached hydrogen (secondary N) is 1. The molecule has 33 heavy (non-hydrogen) atoms. The summed E-state index contributed by atoms with van der Waals surface area (Å²) in [5.41, 5.74) is 4.29. The van der Waals surface area contributed by atoms with Gasteiger partial charge in [-0.15, -0.1) is 11.3 Å². The van der Waals surface area contributed by atoms with Crippen LogP contribution in [0.25, 0.3) is 0 Å². The minimum atomic E-state index is -0.352. The lowest BCUT2D eigenvalue weighted by atomic mass is 9.72. The van der Waals surface area contributed by atoms with E-state index in [9.17, 15) is 10.1 Å². The number of thiophene rings is 1. The molecule has 0 saturated heterocycles. The number of hydrogen-bond acceptors (Lipinski definition) is 5. The maximum atomic E-state index is 12.8. The molecule has 5 nitrogen and oxygen atoms in total. The Balaban J connectivity index is 1.44. The van der Waals surface area contributed by atoms with Crippen LogP contribution < -0.4 is 10.1 Å². The topological polar surface area (TPSA) is 75.3 Å². The van der Waals surface area contributed by atoms with E-state index in [1.54, 1.807) is 12.1 Å². The van der Waals surface area contributed by atoms with Crippen molar-refractivity contribution in [2.24, 2.45) is 11.3 Å². The Morgan fingerprint density at radius 1 is 1.24 bits per heavy atom. The van der Waals surface area contributed by atoms with Gasteiger partial charge in [-0.2, -0.15) is 5.26 Å². The Kier molecular flexibility index (Phi) is 6.36. The number of hydrogen-bond donors (Lipinski definition) is 1. The number of carbonyl (C=O) groups is 1. The number of aryl methyl sites for hydroxylation is 2. The Hall–Kier alpha value is -3.04. The second-order valence-corrected chi connectivity index (χ2v) is 11.0. The van der Waals surface area contributed by atoms with Gasteiger partial charge in [0.2, 0.25) is 0 Å². The molecule has 1 amide bonds. The SMILES string of the molecule is Cc1ccc(OCc2ccc(C(=O)Nc3sc4c(c3C#N)CCC(C(C)(C)C)C4)o2)cc1C. The van der Waals surface area contributed by atoms with Crippen molar-refractivity contribution in [3.63, 3.8) is 0 Å². The Morgan fingerprint density at radius 2 is 2.03 bits per heavy atom. The van der Waals surface area contributed by atoms with Crippen LogP contribution in [0.15, 0.2) is 34.7 Å². The first kappa shape index (κ1) is 23.1. The number of amides is 1. The first-order valence-corrected chi connectivity index (χ1v) is 12.1. The molecule has 0 bridgehead atoms. The third-order valence-corrected chi connectivity index (χ3v) is 7.74. The van der Waals surface area contributed by atoms with Crippen LogP contribution in [0.5, 0.6) is 5.75 Å². The summed E-state index contributed by atoms with van der Waals surface area (Å²) in [5, 5.41) is 13.3. The molecule has 1 unspecified atom stereocenters. The van der Waals surface area contributed by atoms with Gasteiger partial charge < -0.3 is 14.5 Å². The van der Waals surface area contributed by atoms with Gasteiger partial charge in [0, 0.05) is 4.88 Å². The third-order valence-electron chi connectivity index (χ3n) is 6.57. The molecule has 3 aromatic rings. The van der Waals surface area contributed by atoms with Crippen molar-refractivity contribution in [3.8, 4) is 11.8 Å². The van der Waals surface area contributed by atoms with E-state index in [-0.39, 0.29) is 23.7 Å². The number of ether oxygens (including phenoxy) is 1. The Labute approximate surface area is 199 Å². The zero-order chi connectivity index (χ0) is 23.8. The van der Waals surface area contributed by atoms with Crippen LogP contribution in [0.1, 0.15) is 70.6 Å². The molecule has 6 heteroatoms. The van der Waals surface area contributed by atoms with Gasteiger partial charge >= 0.3 is 0 Å². The van der Waals surface area contributed by atoms with Gasteiger partial charge in [-0.1, -0.05) is 26.8 Å². The fourth-order valence-corrected chi connectivity index (χ4v) is 5.50. The van der Waals surface area contributed by atoms with E-state index in [0.717, 1.165) is 36.1 Å². The molecule has 1 aliphatic rings. The number of nitriles is 1. The van der Waals surface area contributed by atoms with Crippen molar-refractivity contribution < 1.29 is 13.9 Å². The third kappa shape index (κ3) is 4.99. The monoisotopic (exact) mass is 462 g/mol. The van der Waals surface area contributed by atoms with Crippen molar-refractivity contribution in [2.45, 2.75) is 60.5 Å². The van der Waals surface area contributed by atoms with Crippen molar-refractivity contribution in [3.05, 3.63) is 69.0 Å². The lowest BCUT2D eigenvalue weighted by molar-refractivity contribution is 0.0993. The van der Waals surface area contributed by atoms with Crippen LogP contribution in [-0.2, 0) is 19.4 Å². The highest BCUT2D eigenvalue weighted by atomic mass is 32.1. The summed E-state index contributed by atoms with van der Waals surface area (Å²) >= 11 is 1.53. The average molecular weight is 463 g/mol. The molecule has 0 spiro atoms. The van der Waals surface area contributed by atoms with E-state index in [2.05, 4.69) is 39.1 Å². The molecule has 4 rings (SSSR count). The number of fused-ring (bicyclic) bond motifs is 1. The quantitative estimate of drug-likeness (QED) is 0.452. The molecule has 1 aromatic carbocycles. The van der Waals surface area contributed by atoms with Crippen molar-refractivity contribution in [1.82, 2.24) is 0 Å². The van der Waals surface area contributed by atoms with Gasteiger partial charge in [-0.05, 0) is 85.4 Å². The summed E-state index contributed by atoms with van der Waals surface area (Å²) in [6.07, 6.45) is 2.90. The van der Waals surface area contributed by atoms with Gasteiger partial charge in [-0.3, -0.25) is 4.79 Å². The van der Waals surface area contributed by atoms with Crippen molar-refractivity contribution in [2.75, 3.05) is 5.32 Å². The standard InChI is InChI=1S/C27H30N2O3S/c1-16-6-8-19(12-17(16)2)31-15-20-9-11-23(32-20)25(30)29-26-22(14-28)21-10-7-18(27(3,4)5)13-24(21)33-26/h6,8-9,11-12,18H,7,10,13,15H2,1-5H3,(H,29,30). The molecule has 2 aromatic heterocycles. The predicted molar refractivity (Wildman–Crippen MR) is 131 cm³/mol. The van der Waals surface area contributed by atoms with Gasteiger partial charge in [0.15, 0.2) is 5.76 Å². The van der Waals surface area contributed by atoms with E-state index < -0.39 is 0 Å². The summed E-state index contributed by atoms with van der Waals surface area (Å²) in [6, 6.07) is 11.6. The Morgan fingerprint density at radius 3 is 2.73 bits per heavy atom. The zero-order valence-corrected chi connectivity index (χ0v) is 20.7. The lowest BCUT2D eigenvalue weighted by Gasteiger charge is -2.33. The summed E-state index contributed by atoms with van der Waals surface area (Å²) in [4.78, 5) is 14.1.